The average molecular weight is 385 g/mol. The fourth-order valence-electron chi connectivity index (χ4n) is 2.29. The van der Waals surface area contributed by atoms with Crippen LogP contribution in [0.15, 0.2) is 71.0 Å². The summed E-state index contributed by atoms with van der Waals surface area (Å²) in [4.78, 5) is 17.9. The Bertz CT molecular complexity index is 921. The van der Waals surface area contributed by atoms with Crippen LogP contribution in [0, 0.1) is 5.82 Å². The first-order chi connectivity index (χ1) is 12.8. The van der Waals surface area contributed by atoms with Crippen LogP contribution >= 0.6 is 11.8 Å². The Kier molecular flexibility index (Phi) is 5.51. The molecule has 0 radical (unpaired) electrons. The summed E-state index contributed by atoms with van der Waals surface area (Å²) >= 11 is 1.54. The van der Waals surface area contributed by atoms with Crippen LogP contribution in [-0.2, 0) is 11.8 Å². The van der Waals surface area contributed by atoms with Crippen LogP contribution in [-0.4, -0.2) is 21.1 Å². The van der Waals surface area contributed by atoms with Crippen molar-refractivity contribution in [2.24, 2.45) is 7.05 Å². The molecule has 3 rings (SSSR count). The van der Waals surface area contributed by atoms with Crippen LogP contribution in [0.5, 0.6) is 5.75 Å². The van der Waals surface area contributed by atoms with E-state index >= 15 is 0 Å². The van der Waals surface area contributed by atoms with Crippen molar-refractivity contribution in [3.8, 4) is 5.75 Å². The summed E-state index contributed by atoms with van der Waals surface area (Å²) in [6.07, 6.45) is 3.64. The zero-order chi connectivity index (χ0) is 19.4. The largest absolute Gasteiger partial charge is 0.478 e. The molecule has 2 aromatic carbocycles. The van der Waals surface area contributed by atoms with Gasteiger partial charge in [0.1, 0.15) is 11.6 Å². The maximum absolute atomic E-state index is 13.0. The monoisotopic (exact) mass is 385 g/mol. The quantitative estimate of drug-likeness (QED) is 0.678. The molecule has 0 fully saturated rings. The zero-order valence-electron chi connectivity index (χ0n) is 15.3. The van der Waals surface area contributed by atoms with Crippen molar-refractivity contribution in [3.05, 3.63) is 66.7 Å². The van der Waals surface area contributed by atoms with E-state index < -0.39 is 5.60 Å². The Morgan fingerprint density at radius 3 is 2.41 bits per heavy atom. The lowest BCUT2D eigenvalue weighted by Gasteiger charge is -2.25. The maximum atomic E-state index is 13.0. The van der Waals surface area contributed by atoms with Gasteiger partial charge in [0.15, 0.2) is 10.8 Å². The number of nitrogens with zero attached hydrogens (tertiary/aromatic N) is 2. The molecule has 27 heavy (non-hydrogen) atoms. The van der Waals surface area contributed by atoms with Gasteiger partial charge >= 0.3 is 0 Å². The van der Waals surface area contributed by atoms with Gasteiger partial charge in [-0.3, -0.25) is 4.79 Å². The van der Waals surface area contributed by atoms with Crippen LogP contribution in [0.3, 0.4) is 0 Å². The second-order valence-corrected chi connectivity index (χ2v) is 7.51. The summed E-state index contributed by atoms with van der Waals surface area (Å²) in [5.74, 6) is -0.220. The minimum atomic E-state index is -1.11. The minimum absolute atomic E-state index is 0.295. The number of halogens is 1. The fraction of sp³-hybridized carbons (Fsp3) is 0.200. The molecule has 140 valence electrons. The molecule has 0 aliphatic carbocycles. The SMILES string of the molecule is Cn1ccnc1Sc1ccc(NC(=O)C(C)(C)Oc2ccc(F)cc2)cc1. The van der Waals surface area contributed by atoms with Crippen molar-refractivity contribution >= 4 is 23.4 Å². The highest BCUT2D eigenvalue weighted by atomic mass is 32.2. The number of anilines is 1. The average Bonchev–Trinajstić information content (AvgIpc) is 3.03. The number of ether oxygens (including phenoxy) is 1. The highest BCUT2D eigenvalue weighted by molar-refractivity contribution is 7.99. The van der Waals surface area contributed by atoms with E-state index in [2.05, 4.69) is 10.3 Å². The molecule has 1 amide bonds. The first-order valence-corrected chi connectivity index (χ1v) is 9.16. The summed E-state index contributed by atoms with van der Waals surface area (Å²) < 4.78 is 20.6. The number of aromatic nitrogens is 2. The third-order valence-electron chi connectivity index (χ3n) is 3.83. The van der Waals surface area contributed by atoms with Gasteiger partial charge in [-0.05, 0) is 62.4 Å². The molecule has 7 heteroatoms. The number of carbonyl (C=O) groups excluding carboxylic acids is 1. The first kappa shape index (κ1) is 19.0. The summed E-state index contributed by atoms with van der Waals surface area (Å²) in [5.41, 5.74) is -0.446. The van der Waals surface area contributed by atoms with E-state index in [1.807, 2.05) is 42.1 Å². The predicted octanol–water partition coefficient (Wildman–Crippen LogP) is 4.51. The third-order valence-corrected chi connectivity index (χ3v) is 4.92. The molecule has 0 atom stereocenters. The lowest BCUT2D eigenvalue weighted by molar-refractivity contribution is -0.128. The number of hydrogen-bond acceptors (Lipinski definition) is 4. The highest BCUT2D eigenvalue weighted by Gasteiger charge is 2.30. The number of imidazole rings is 1. The molecule has 0 aliphatic heterocycles. The molecule has 1 aromatic heterocycles. The number of benzene rings is 2. The Balaban J connectivity index is 1.62. The van der Waals surface area contributed by atoms with E-state index in [1.54, 1.807) is 31.8 Å². The summed E-state index contributed by atoms with van der Waals surface area (Å²) in [6, 6.07) is 13.1. The maximum Gasteiger partial charge on any atom is 0.267 e. The van der Waals surface area contributed by atoms with Gasteiger partial charge in [0.25, 0.3) is 5.91 Å². The minimum Gasteiger partial charge on any atom is -0.478 e. The van der Waals surface area contributed by atoms with Crippen LogP contribution in [0.2, 0.25) is 0 Å². The van der Waals surface area contributed by atoms with Gasteiger partial charge in [0.05, 0.1) is 0 Å². The van der Waals surface area contributed by atoms with Gasteiger partial charge in [0.2, 0.25) is 0 Å². The van der Waals surface area contributed by atoms with E-state index in [1.165, 1.54) is 24.3 Å². The Morgan fingerprint density at radius 1 is 1.15 bits per heavy atom. The van der Waals surface area contributed by atoms with Crippen molar-refractivity contribution < 1.29 is 13.9 Å². The molecule has 0 aliphatic rings. The molecule has 0 saturated heterocycles. The van der Waals surface area contributed by atoms with Crippen LogP contribution in [0.4, 0.5) is 10.1 Å². The summed E-state index contributed by atoms with van der Waals surface area (Å²) in [7, 11) is 1.94. The second-order valence-electron chi connectivity index (χ2n) is 6.47. The molecule has 1 N–H and O–H groups in total. The first-order valence-electron chi connectivity index (χ1n) is 8.35. The normalized spacial score (nSPS) is 11.3. The van der Waals surface area contributed by atoms with E-state index in [-0.39, 0.29) is 11.7 Å². The Labute approximate surface area is 161 Å². The molecular weight excluding hydrogens is 365 g/mol. The van der Waals surface area contributed by atoms with Gasteiger partial charge in [-0.1, -0.05) is 11.8 Å². The number of amides is 1. The lowest BCUT2D eigenvalue weighted by Crippen LogP contribution is -2.42. The number of rotatable bonds is 6. The molecular formula is C20H20FN3O2S. The van der Waals surface area contributed by atoms with Crippen molar-refractivity contribution in [1.82, 2.24) is 9.55 Å². The Morgan fingerprint density at radius 2 is 1.81 bits per heavy atom. The Hall–Kier alpha value is -2.80. The standard InChI is InChI=1S/C20H20FN3O2S/c1-20(2,26-16-8-4-14(21)5-9-16)18(25)23-15-6-10-17(11-7-15)27-19-22-12-13-24(19)3/h4-13H,1-3H3,(H,23,25). The lowest BCUT2D eigenvalue weighted by atomic mass is 10.1. The zero-order valence-corrected chi connectivity index (χ0v) is 16.1. The van der Waals surface area contributed by atoms with Gasteiger partial charge in [0, 0.05) is 30.0 Å². The predicted molar refractivity (Wildman–Crippen MR) is 104 cm³/mol. The van der Waals surface area contributed by atoms with E-state index in [4.69, 9.17) is 4.74 Å². The molecule has 0 unspecified atom stereocenters. The topological polar surface area (TPSA) is 56.2 Å². The highest BCUT2D eigenvalue weighted by Crippen LogP contribution is 2.27. The molecule has 3 aromatic rings. The summed E-state index contributed by atoms with van der Waals surface area (Å²) in [6.45, 7) is 3.33. The number of hydrogen-bond donors (Lipinski definition) is 1. The smallest absolute Gasteiger partial charge is 0.267 e. The molecule has 0 spiro atoms. The number of nitrogens with one attached hydrogen (secondary N) is 1. The van der Waals surface area contributed by atoms with Crippen molar-refractivity contribution in [3.63, 3.8) is 0 Å². The van der Waals surface area contributed by atoms with Gasteiger partial charge in [-0.25, -0.2) is 9.37 Å². The van der Waals surface area contributed by atoms with Crippen molar-refractivity contribution in [1.29, 1.82) is 0 Å². The van der Waals surface area contributed by atoms with Crippen molar-refractivity contribution in [2.45, 2.75) is 29.5 Å². The third kappa shape index (κ3) is 4.89. The molecule has 5 nitrogen and oxygen atoms in total. The van der Waals surface area contributed by atoms with Gasteiger partial charge in [-0.15, -0.1) is 0 Å². The van der Waals surface area contributed by atoms with E-state index in [9.17, 15) is 9.18 Å². The van der Waals surface area contributed by atoms with Crippen LogP contribution in [0.1, 0.15) is 13.8 Å². The second kappa shape index (κ2) is 7.84. The molecule has 0 bridgehead atoms. The van der Waals surface area contributed by atoms with E-state index in [0.717, 1.165) is 10.1 Å². The van der Waals surface area contributed by atoms with Gasteiger partial charge < -0.3 is 14.6 Å². The van der Waals surface area contributed by atoms with E-state index in [0.29, 0.717) is 11.4 Å². The fourth-order valence-corrected chi connectivity index (χ4v) is 3.09. The molecule has 0 saturated carbocycles. The van der Waals surface area contributed by atoms with Gasteiger partial charge in [-0.2, -0.15) is 0 Å². The molecule has 1 heterocycles. The van der Waals surface area contributed by atoms with Crippen LogP contribution < -0.4 is 10.1 Å². The number of aryl methyl sites for hydroxylation is 1. The number of carbonyl (C=O) groups is 1. The van der Waals surface area contributed by atoms with Crippen molar-refractivity contribution in [2.75, 3.05) is 5.32 Å². The summed E-state index contributed by atoms with van der Waals surface area (Å²) in [5, 5.41) is 3.73. The van der Waals surface area contributed by atoms with Crippen LogP contribution in [0.25, 0.3) is 0 Å².